The number of nitrogens with zero attached hydrogens (tertiary/aromatic N) is 2. The van der Waals surface area contributed by atoms with Crippen molar-refractivity contribution >= 4 is 39.3 Å². The molecule has 2 heterocycles. The maximum Gasteiger partial charge on any atom is 0.262 e. The Labute approximate surface area is 178 Å². The molecule has 2 aromatic heterocycles. The van der Waals surface area contributed by atoms with Gasteiger partial charge in [-0.25, -0.2) is 4.98 Å². The van der Waals surface area contributed by atoms with E-state index in [-0.39, 0.29) is 5.91 Å². The minimum atomic E-state index is -0.101. The summed E-state index contributed by atoms with van der Waals surface area (Å²) < 4.78 is 7.58. The second-order valence-corrected chi connectivity index (χ2v) is 7.44. The van der Waals surface area contributed by atoms with Crippen LogP contribution in [0.5, 0.6) is 5.75 Å². The number of para-hydroxylation sites is 1. The van der Waals surface area contributed by atoms with Crippen LogP contribution in [0.15, 0.2) is 91.1 Å². The van der Waals surface area contributed by atoms with Gasteiger partial charge >= 0.3 is 0 Å². The van der Waals surface area contributed by atoms with Crippen molar-refractivity contribution in [1.82, 2.24) is 9.55 Å². The molecule has 0 aliphatic heterocycles. The van der Waals surface area contributed by atoms with E-state index in [0.717, 1.165) is 33.2 Å². The Bertz CT molecular complexity index is 1370. The predicted molar refractivity (Wildman–Crippen MR) is 119 cm³/mol. The van der Waals surface area contributed by atoms with Gasteiger partial charge in [0.2, 0.25) is 0 Å². The summed E-state index contributed by atoms with van der Waals surface area (Å²) in [5.74, 6) is 0.629. The molecule has 0 saturated heterocycles. The first-order chi connectivity index (χ1) is 14.7. The number of hydrogen-bond acceptors (Lipinski definition) is 3. The third-order valence-electron chi connectivity index (χ3n) is 5.01. The summed E-state index contributed by atoms with van der Waals surface area (Å²) in [4.78, 5) is 17.5. The molecule has 0 N–H and O–H groups in total. The molecule has 4 nitrogen and oxygen atoms in total. The molecule has 0 amide bonds. The summed E-state index contributed by atoms with van der Waals surface area (Å²) in [6.07, 6.45) is 1.77. The Balaban J connectivity index is 1.36. The van der Waals surface area contributed by atoms with Crippen LogP contribution in [0, 0.1) is 0 Å². The summed E-state index contributed by atoms with van der Waals surface area (Å²) >= 11 is 5.92. The summed E-state index contributed by atoms with van der Waals surface area (Å²) in [6, 6.07) is 26.5. The standard InChI is InChI=1S/C25H17ClN2O2/c26-20-8-5-18(6-9-20)25(29)28-14-13-19-15-22(11-12-24(19)28)30-16-21-10-7-17-3-1-2-4-23(17)27-21/h1-15H,16H2. The van der Waals surface area contributed by atoms with Gasteiger partial charge in [-0.05, 0) is 60.7 Å². The van der Waals surface area contributed by atoms with Gasteiger partial charge in [-0.3, -0.25) is 9.36 Å². The first-order valence-corrected chi connectivity index (χ1v) is 9.94. The second kappa shape index (κ2) is 7.65. The van der Waals surface area contributed by atoms with Crippen LogP contribution in [0.3, 0.4) is 0 Å². The monoisotopic (exact) mass is 412 g/mol. The summed E-state index contributed by atoms with van der Waals surface area (Å²) in [5, 5.41) is 2.64. The Morgan fingerprint density at radius 2 is 1.73 bits per heavy atom. The van der Waals surface area contributed by atoms with Crippen molar-refractivity contribution < 1.29 is 9.53 Å². The number of benzene rings is 3. The SMILES string of the molecule is O=C(c1ccc(Cl)cc1)n1ccc2cc(OCc3ccc4ccccc4n3)ccc21. The minimum absolute atomic E-state index is 0.101. The molecule has 3 aromatic carbocycles. The molecule has 0 spiro atoms. The number of fused-ring (bicyclic) bond motifs is 2. The Morgan fingerprint density at radius 1 is 0.900 bits per heavy atom. The van der Waals surface area contributed by atoms with Crippen LogP contribution in [0.2, 0.25) is 5.02 Å². The lowest BCUT2D eigenvalue weighted by molar-refractivity contribution is 0.0965. The van der Waals surface area contributed by atoms with E-state index in [1.165, 1.54) is 0 Å². The van der Waals surface area contributed by atoms with Crippen molar-refractivity contribution in [2.75, 3.05) is 0 Å². The van der Waals surface area contributed by atoms with Crippen molar-refractivity contribution in [2.45, 2.75) is 6.61 Å². The largest absolute Gasteiger partial charge is 0.487 e. The molecule has 0 aliphatic rings. The molecule has 30 heavy (non-hydrogen) atoms. The average molecular weight is 413 g/mol. The van der Waals surface area contributed by atoms with E-state index in [1.54, 1.807) is 35.0 Å². The fourth-order valence-electron chi connectivity index (χ4n) is 3.46. The quantitative estimate of drug-likeness (QED) is 0.357. The first-order valence-electron chi connectivity index (χ1n) is 9.56. The van der Waals surface area contributed by atoms with Crippen LogP contribution in [0.1, 0.15) is 16.1 Å². The predicted octanol–water partition coefficient (Wildman–Crippen LogP) is 6.11. The zero-order valence-corrected chi connectivity index (χ0v) is 16.7. The first kappa shape index (κ1) is 18.4. The van der Waals surface area contributed by atoms with E-state index < -0.39 is 0 Å². The maximum absolute atomic E-state index is 12.8. The third kappa shape index (κ3) is 3.53. The lowest BCUT2D eigenvalue weighted by atomic mass is 10.2. The Morgan fingerprint density at radius 3 is 2.60 bits per heavy atom. The van der Waals surface area contributed by atoms with Crippen LogP contribution < -0.4 is 4.74 Å². The number of carbonyl (C=O) groups excluding carboxylic acids is 1. The molecule has 5 heteroatoms. The lowest BCUT2D eigenvalue weighted by Gasteiger charge is -2.08. The lowest BCUT2D eigenvalue weighted by Crippen LogP contribution is -2.10. The van der Waals surface area contributed by atoms with Gasteiger partial charge in [-0.15, -0.1) is 0 Å². The van der Waals surface area contributed by atoms with Crippen molar-refractivity contribution in [3.8, 4) is 5.75 Å². The molecule has 0 saturated carbocycles. The topological polar surface area (TPSA) is 44.1 Å². The van der Waals surface area contributed by atoms with Gasteiger partial charge in [0.05, 0.1) is 16.7 Å². The molecule has 0 atom stereocenters. The minimum Gasteiger partial charge on any atom is -0.487 e. The van der Waals surface area contributed by atoms with E-state index in [0.29, 0.717) is 17.2 Å². The fraction of sp³-hybridized carbons (Fsp3) is 0.0400. The highest BCUT2D eigenvalue weighted by atomic mass is 35.5. The molecular formula is C25H17ClN2O2. The van der Waals surface area contributed by atoms with Crippen molar-refractivity contribution in [3.63, 3.8) is 0 Å². The van der Waals surface area contributed by atoms with Crippen LogP contribution in [-0.2, 0) is 6.61 Å². The smallest absolute Gasteiger partial charge is 0.262 e. The highest BCUT2D eigenvalue weighted by Gasteiger charge is 2.12. The van der Waals surface area contributed by atoms with Gasteiger partial charge < -0.3 is 4.74 Å². The summed E-state index contributed by atoms with van der Waals surface area (Å²) in [5.41, 5.74) is 3.22. The van der Waals surface area contributed by atoms with Gasteiger partial charge in [0.15, 0.2) is 0 Å². The van der Waals surface area contributed by atoms with Crippen molar-refractivity contribution in [1.29, 1.82) is 0 Å². The zero-order chi connectivity index (χ0) is 20.5. The van der Waals surface area contributed by atoms with Gasteiger partial charge in [-0.1, -0.05) is 35.9 Å². The van der Waals surface area contributed by atoms with Crippen molar-refractivity contribution in [3.05, 3.63) is 107 Å². The molecule has 146 valence electrons. The number of rotatable bonds is 4. The van der Waals surface area contributed by atoms with Gasteiger partial charge in [0.1, 0.15) is 12.4 Å². The van der Waals surface area contributed by atoms with Crippen molar-refractivity contribution in [2.24, 2.45) is 0 Å². The van der Waals surface area contributed by atoms with Gasteiger partial charge in [0, 0.05) is 27.6 Å². The number of ether oxygens (including phenoxy) is 1. The van der Waals surface area contributed by atoms with E-state index in [4.69, 9.17) is 16.3 Å². The fourth-order valence-corrected chi connectivity index (χ4v) is 3.59. The van der Waals surface area contributed by atoms with E-state index in [1.807, 2.05) is 60.7 Å². The number of hydrogen-bond donors (Lipinski definition) is 0. The Hall–Kier alpha value is -3.63. The summed E-state index contributed by atoms with van der Waals surface area (Å²) in [7, 11) is 0. The number of pyridine rings is 1. The molecule has 0 bridgehead atoms. The van der Waals surface area contributed by atoms with E-state index in [2.05, 4.69) is 4.98 Å². The van der Waals surface area contributed by atoms with E-state index in [9.17, 15) is 4.79 Å². The normalized spacial score (nSPS) is 11.1. The second-order valence-electron chi connectivity index (χ2n) is 7.00. The molecule has 0 unspecified atom stereocenters. The maximum atomic E-state index is 12.8. The van der Waals surface area contributed by atoms with Gasteiger partial charge in [-0.2, -0.15) is 0 Å². The number of carbonyl (C=O) groups is 1. The number of aromatic nitrogens is 2. The molecule has 0 fully saturated rings. The van der Waals surface area contributed by atoms with Crippen LogP contribution in [-0.4, -0.2) is 15.5 Å². The zero-order valence-electron chi connectivity index (χ0n) is 16.0. The highest BCUT2D eigenvalue weighted by Crippen LogP contribution is 2.24. The van der Waals surface area contributed by atoms with Crippen LogP contribution in [0.25, 0.3) is 21.8 Å². The highest BCUT2D eigenvalue weighted by molar-refractivity contribution is 6.30. The molecule has 0 aliphatic carbocycles. The molecule has 0 radical (unpaired) electrons. The molecular weight excluding hydrogens is 396 g/mol. The average Bonchev–Trinajstić information content (AvgIpc) is 3.21. The Kier molecular flexibility index (Phi) is 4.69. The van der Waals surface area contributed by atoms with Gasteiger partial charge in [0.25, 0.3) is 5.91 Å². The van der Waals surface area contributed by atoms with E-state index >= 15 is 0 Å². The number of halogens is 1. The van der Waals surface area contributed by atoms with Crippen LogP contribution in [0.4, 0.5) is 0 Å². The molecule has 5 rings (SSSR count). The van der Waals surface area contributed by atoms with Crippen LogP contribution >= 0.6 is 11.6 Å². The summed E-state index contributed by atoms with van der Waals surface area (Å²) in [6.45, 7) is 0.376. The molecule has 5 aromatic rings. The third-order valence-corrected chi connectivity index (χ3v) is 5.27.